The summed E-state index contributed by atoms with van der Waals surface area (Å²) in [4.78, 5) is 13.1. The quantitative estimate of drug-likeness (QED) is 0.508. The van der Waals surface area contributed by atoms with Gasteiger partial charge in [-0.1, -0.05) is 37.6 Å². The molecule has 1 saturated heterocycles. The van der Waals surface area contributed by atoms with Gasteiger partial charge in [-0.2, -0.15) is 5.10 Å². The summed E-state index contributed by atoms with van der Waals surface area (Å²) in [5.41, 5.74) is 4.60. The van der Waals surface area contributed by atoms with Crippen LogP contribution in [0.15, 0.2) is 54.7 Å². The zero-order valence-corrected chi connectivity index (χ0v) is 19.3. The molecule has 2 N–H and O–H groups in total. The molecule has 7 heteroatoms. The van der Waals surface area contributed by atoms with E-state index >= 15 is 0 Å². The molecule has 1 aliphatic rings. The number of rotatable bonds is 5. The third kappa shape index (κ3) is 5.29. The average molecular weight is 459 g/mol. The van der Waals surface area contributed by atoms with Crippen LogP contribution in [0.1, 0.15) is 60.1 Å². The summed E-state index contributed by atoms with van der Waals surface area (Å²) in [7, 11) is 0. The molecule has 31 heavy (non-hydrogen) atoms. The van der Waals surface area contributed by atoms with E-state index in [-0.39, 0.29) is 24.2 Å². The van der Waals surface area contributed by atoms with Crippen LogP contribution in [0.5, 0.6) is 0 Å². The number of hydrogen-bond donors (Lipinski definition) is 2. The Balaban J connectivity index is 0.00000272. The van der Waals surface area contributed by atoms with Crippen LogP contribution in [0.2, 0.25) is 5.02 Å². The van der Waals surface area contributed by atoms with Gasteiger partial charge >= 0.3 is 0 Å². The summed E-state index contributed by atoms with van der Waals surface area (Å²) in [6.07, 6.45) is 3.66. The summed E-state index contributed by atoms with van der Waals surface area (Å²) in [5, 5.41) is 11.7. The summed E-state index contributed by atoms with van der Waals surface area (Å²) >= 11 is 5.96. The Morgan fingerprint density at radius 1 is 1.10 bits per heavy atom. The molecule has 0 unspecified atom stereocenters. The molecule has 4 rings (SSSR count). The fraction of sp³-hybridized carbons (Fsp3) is 0.333. The highest BCUT2D eigenvalue weighted by molar-refractivity contribution is 6.30. The second-order valence-corrected chi connectivity index (χ2v) is 8.52. The number of nitrogens with zero attached hydrogens (tertiary/aromatic N) is 2. The molecule has 0 saturated carbocycles. The number of carbonyl (C=O) groups excluding carboxylic acids is 1. The van der Waals surface area contributed by atoms with Gasteiger partial charge in [-0.25, -0.2) is 4.68 Å². The molecule has 1 aliphatic heterocycles. The number of anilines is 1. The monoisotopic (exact) mass is 458 g/mol. The molecule has 1 amide bonds. The van der Waals surface area contributed by atoms with Crippen molar-refractivity contribution in [3.8, 4) is 5.69 Å². The summed E-state index contributed by atoms with van der Waals surface area (Å²) in [5.74, 6) is 0.613. The van der Waals surface area contributed by atoms with E-state index in [2.05, 4.69) is 53.8 Å². The Bertz CT molecular complexity index is 1010. The minimum atomic E-state index is -0.143. The average Bonchev–Trinajstić information content (AvgIpc) is 3.21. The van der Waals surface area contributed by atoms with E-state index in [0.29, 0.717) is 16.5 Å². The fourth-order valence-corrected chi connectivity index (χ4v) is 4.08. The third-order valence-corrected chi connectivity index (χ3v) is 5.94. The van der Waals surface area contributed by atoms with Gasteiger partial charge in [0, 0.05) is 16.6 Å². The highest BCUT2D eigenvalue weighted by Crippen LogP contribution is 2.31. The SMILES string of the molecule is CC(C)c1ccc(-n2ncc(C(=O)Nc3ccc(Cl)cc3)c2C2CCNCC2)cc1.Cl. The predicted molar refractivity (Wildman–Crippen MR) is 129 cm³/mol. The number of benzene rings is 2. The zero-order valence-electron chi connectivity index (χ0n) is 17.8. The van der Waals surface area contributed by atoms with E-state index in [1.807, 2.05) is 4.68 Å². The van der Waals surface area contributed by atoms with E-state index in [1.54, 1.807) is 30.5 Å². The number of hydrogen-bond acceptors (Lipinski definition) is 3. The van der Waals surface area contributed by atoms with Gasteiger partial charge in [0.25, 0.3) is 5.91 Å². The molecule has 2 aromatic carbocycles. The Morgan fingerprint density at radius 3 is 2.35 bits per heavy atom. The number of aromatic nitrogens is 2. The van der Waals surface area contributed by atoms with Crippen LogP contribution in [0.4, 0.5) is 5.69 Å². The van der Waals surface area contributed by atoms with Crippen LogP contribution in [-0.4, -0.2) is 28.8 Å². The van der Waals surface area contributed by atoms with Crippen molar-refractivity contribution in [1.29, 1.82) is 0 Å². The summed E-state index contributed by atoms with van der Waals surface area (Å²) in [6.45, 7) is 6.26. The van der Waals surface area contributed by atoms with Crippen molar-refractivity contribution < 1.29 is 4.79 Å². The van der Waals surface area contributed by atoms with Crippen molar-refractivity contribution in [1.82, 2.24) is 15.1 Å². The van der Waals surface area contributed by atoms with Crippen molar-refractivity contribution in [2.75, 3.05) is 18.4 Å². The molecule has 1 aromatic heterocycles. The van der Waals surface area contributed by atoms with Crippen LogP contribution in [0.25, 0.3) is 5.69 Å². The lowest BCUT2D eigenvalue weighted by Gasteiger charge is -2.25. The maximum atomic E-state index is 13.1. The van der Waals surface area contributed by atoms with Crippen LogP contribution in [-0.2, 0) is 0 Å². The Hall–Kier alpha value is -2.34. The van der Waals surface area contributed by atoms with Gasteiger partial charge in [-0.3, -0.25) is 4.79 Å². The molecule has 164 valence electrons. The molecular weight excluding hydrogens is 431 g/mol. The molecule has 2 heterocycles. The number of amides is 1. The lowest BCUT2D eigenvalue weighted by Crippen LogP contribution is -2.29. The van der Waals surface area contributed by atoms with E-state index in [1.165, 1.54) is 5.56 Å². The molecule has 0 bridgehead atoms. The summed E-state index contributed by atoms with van der Waals surface area (Å²) < 4.78 is 1.94. The molecule has 1 fully saturated rings. The lowest BCUT2D eigenvalue weighted by atomic mass is 9.91. The Labute approximate surface area is 194 Å². The molecule has 0 radical (unpaired) electrons. The first-order chi connectivity index (χ1) is 14.5. The van der Waals surface area contributed by atoms with E-state index in [9.17, 15) is 4.79 Å². The predicted octanol–water partition coefficient (Wildman–Crippen LogP) is 5.79. The van der Waals surface area contributed by atoms with Crippen LogP contribution in [0.3, 0.4) is 0 Å². The highest BCUT2D eigenvalue weighted by atomic mass is 35.5. The summed E-state index contributed by atoms with van der Waals surface area (Å²) in [6, 6.07) is 15.6. The molecule has 0 aliphatic carbocycles. The van der Waals surface area contributed by atoms with Gasteiger partial charge in [0.1, 0.15) is 0 Å². The number of piperidine rings is 1. The molecule has 3 aromatic rings. The third-order valence-electron chi connectivity index (χ3n) is 5.68. The van der Waals surface area contributed by atoms with Crippen molar-refractivity contribution in [3.05, 3.63) is 76.6 Å². The van der Waals surface area contributed by atoms with Gasteiger partial charge < -0.3 is 10.6 Å². The maximum absolute atomic E-state index is 13.1. The standard InChI is InChI=1S/C24H27ClN4O.ClH/c1-16(2)17-3-9-21(10-4-17)29-23(18-11-13-26-14-12-18)22(15-27-29)24(30)28-20-7-5-19(25)6-8-20;/h3-10,15-16,18,26H,11-14H2,1-2H3,(H,28,30);1H. The minimum Gasteiger partial charge on any atom is -0.322 e. The molecule has 0 atom stereocenters. The van der Waals surface area contributed by atoms with Gasteiger partial charge in [-0.15, -0.1) is 12.4 Å². The van der Waals surface area contributed by atoms with Crippen molar-refractivity contribution in [2.24, 2.45) is 0 Å². The van der Waals surface area contributed by atoms with Crippen LogP contribution >= 0.6 is 24.0 Å². The van der Waals surface area contributed by atoms with Crippen molar-refractivity contribution >= 4 is 35.6 Å². The lowest BCUT2D eigenvalue weighted by molar-refractivity contribution is 0.102. The molecule has 5 nitrogen and oxygen atoms in total. The van der Waals surface area contributed by atoms with Crippen LogP contribution in [0, 0.1) is 0 Å². The van der Waals surface area contributed by atoms with E-state index < -0.39 is 0 Å². The topological polar surface area (TPSA) is 59.0 Å². The van der Waals surface area contributed by atoms with E-state index in [4.69, 9.17) is 11.6 Å². The normalized spacial score (nSPS) is 14.3. The number of halogens is 2. The molecule has 0 spiro atoms. The van der Waals surface area contributed by atoms with Crippen molar-refractivity contribution in [3.63, 3.8) is 0 Å². The smallest absolute Gasteiger partial charge is 0.259 e. The van der Waals surface area contributed by atoms with Crippen LogP contribution < -0.4 is 10.6 Å². The van der Waals surface area contributed by atoms with Gasteiger partial charge in [-0.05, 0) is 73.8 Å². The Morgan fingerprint density at radius 2 is 1.74 bits per heavy atom. The molecular formula is C24H28Cl2N4O. The zero-order chi connectivity index (χ0) is 21.1. The van der Waals surface area contributed by atoms with Gasteiger partial charge in [0.2, 0.25) is 0 Å². The first-order valence-electron chi connectivity index (χ1n) is 10.5. The number of carbonyl (C=O) groups is 1. The fourth-order valence-electron chi connectivity index (χ4n) is 3.96. The first-order valence-corrected chi connectivity index (χ1v) is 10.9. The van der Waals surface area contributed by atoms with Gasteiger partial charge in [0.15, 0.2) is 0 Å². The number of nitrogens with one attached hydrogen (secondary N) is 2. The second kappa shape index (κ2) is 10.3. The Kier molecular flexibility index (Phi) is 7.76. The van der Waals surface area contributed by atoms with Crippen molar-refractivity contribution in [2.45, 2.75) is 38.5 Å². The first kappa shape index (κ1) is 23.3. The highest BCUT2D eigenvalue weighted by Gasteiger charge is 2.27. The van der Waals surface area contributed by atoms with E-state index in [0.717, 1.165) is 43.0 Å². The van der Waals surface area contributed by atoms with Gasteiger partial charge in [0.05, 0.1) is 23.1 Å². The minimum absolute atomic E-state index is 0. The largest absolute Gasteiger partial charge is 0.322 e. The maximum Gasteiger partial charge on any atom is 0.259 e. The second-order valence-electron chi connectivity index (χ2n) is 8.09.